The van der Waals surface area contributed by atoms with Gasteiger partial charge in [0, 0.05) is 45.0 Å². The minimum Gasteiger partial charge on any atom is -0.343 e. The minimum atomic E-state index is -0.336. The van der Waals surface area contributed by atoms with Crippen molar-refractivity contribution in [3.8, 4) is 0 Å². The summed E-state index contributed by atoms with van der Waals surface area (Å²) in [5.74, 6) is -0.655. The molecule has 2 amide bonds. The summed E-state index contributed by atoms with van der Waals surface area (Å²) in [6, 6.07) is 5.94. The van der Waals surface area contributed by atoms with Crippen LogP contribution in [0.4, 0.5) is 4.39 Å². The highest BCUT2D eigenvalue weighted by molar-refractivity contribution is 5.92. The molecule has 0 aliphatic heterocycles. The summed E-state index contributed by atoms with van der Waals surface area (Å²) < 4.78 is 13.1. The van der Waals surface area contributed by atoms with E-state index in [1.54, 1.807) is 21.9 Å². The molecule has 0 atom stereocenters. The molecule has 7 heteroatoms. The SMILES string of the molecule is CCN(CC)C(=O)CCN(Cc1ccc(F)cc1)C(=O)c1cnccn1. The molecule has 26 heavy (non-hydrogen) atoms. The van der Waals surface area contributed by atoms with Crippen molar-refractivity contribution in [3.05, 3.63) is 59.9 Å². The van der Waals surface area contributed by atoms with E-state index < -0.39 is 0 Å². The maximum Gasteiger partial charge on any atom is 0.274 e. The molecule has 2 aromatic rings. The molecule has 6 nitrogen and oxygen atoms in total. The number of nitrogens with zero attached hydrogens (tertiary/aromatic N) is 4. The van der Waals surface area contributed by atoms with Crippen molar-refractivity contribution < 1.29 is 14.0 Å². The fraction of sp³-hybridized carbons (Fsp3) is 0.368. The second-order valence-electron chi connectivity index (χ2n) is 5.76. The first-order valence-electron chi connectivity index (χ1n) is 8.62. The van der Waals surface area contributed by atoms with E-state index in [1.807, 2.05) is 13.8 Å². The van der Waals surface area contributed by atoms with E-state index in [1.165, 1.54) is 30.7 Å². The van der Waals surface area contributed by atoms with Crippen LogP contribution in [-0.2, 0) is 11.3 Å². The van der Waals surface area contributed by atoms with Crippen molar-refractivity contribution in [2.75, 3.05) is 19.6 Å². The third kappa shape index (κ3) is 5.34. The lowest BCUT2D eigenvalue weighted by Crippen LogP contribution is -2.37. The number of carbonyl (C=O) groups excluding carboxylic acids is 2. The summed E-state index contributed by atoms with van der Waals surface area (Å²) in [6.07, 6.45) is 4.55. The van der Waals surface area contributed by atoms with Gasteiger partial charge in [-0.2, -0.15) is 0 Å². The van der Waals surface area contributed by atoms with Crippen LogP contribution >= 0.6 is 0 Å². The Morgan fingerprint density at radius 1 is 1.04 bits per heavy atom. The first-order valence-corrected chi connectivity index (χ1v) is 8.62. The number of hydrogen-bond acceptors (Lipinski definition) is 4. The van der Waals surface area contributed by atoms with Crippen molar-refractivity contribution in [1.82, 2.24) is 19.8 Å². The number of hydrogen-bond donors (Lipinski definition) is 0. The normalized spacial score (nSPS) is 10.4. The number of rotatable bonds is 8. The average molecular weight is 358 g/mol. The minimum absolute atomic E-state index is 0.00829. The highest BCUT2D eigenvalue weighted by atomic mass is 19.1. The van der Waals surface area contributed by atoms with Crippen LogP contribution in [0.1, 0.15) is 36.3 Å². The Morgan fingerprint density at radius 2 is 1.73 bits per heavy atom. The molecule has 0 saturated carbocycles. The van der Waals surface area contributed by atoms with E-state index in [9.17, 15) is 14.0 Å². The van der Waals surface area contributed by atoms with Crippen LogP contribution in [-0.4, -0.2) is 51.2 Å². The van der Waals surface area contributed by atoms with Crippen molar-refractivity contribution in [2.45, 2.75) is 26.8 Å². The lowest BCUT2D eigenvalue weighted by atomic mass is 10.2. The number of benzene rings is 1. The van der Waals surface area contributed by atoms with Crippen LogP contribution in [0, 0.1) is 5.82 Å². The Hall–Kier alpha value is -2.83. The zero-order chi connectivity index (χ0) is 18.9. The first kappa shape index (κ1) is 19.5. The second kappa shape index (κ2) is 9.60. The molecule has 0 N–H and O–H groups in total. The smallest absolute Gasteiger partial charge is 0.274 e. The van der Waals surface area contributed by atoms with Crippen LogP contribution in [0.5, 0.6) is 0 Å². The Balaban J connectivity index is 2.14. The van der Waals surface area contributed by atoms with Gasteiger partial charge in [0.15, 0.2) is 0 Å². The molecule has 0 bridgehead atoms. The molecular formula is C19H23FN4O2. The predicted octanol–water partition coefficient (Wildman–Crippen LogP) is 2.52. The molecule has 2 rings (SSSR count). The molecule has 0 spiro atoms. The predicted molar refractivity (Wildman–Crippen MR) is 95.7 cm³/mol. The van der Waals surface area contributed by atoms with Crippen LogP contribution in [0.3, 0.4) is 0 Å². The zero-order valence-corrected chi connectivity index (χ0v) is 15.1. The van der Waals surface area contributed by atoms with Crippen molar-refractivity contribution in [1.29, 1.82) is 0 Å². The van der Waals surface area contributed by atoms with E-state index in [-0.39, 0.29) is 42.8 Å². The highest BCUT2D eigenvalue weighted by Crippen LogP contribution is 2.11. The van der Waals surface area contributed by atoms with Gasteiger partial charge in [-0.25, -0.2) is 9.37 Å². The number of carbonyl (C=O) groups is 2. The van der Waals surface area contributed by atoms with Crippen molar-refractivity contribution in [3.63, 3.8) is 0 Å². The van der Waals surface area contributed by atoms with Gasteiger partial charge in [-0.05, 0) is 31.5 Å². The standard InChI is InChI=1S/C19H23FN4O2/c1-3-23(4-2)18(25)9-12-24(14-15-5-7-16(20)8-6-15)19(26)17-13-21-10-11-22-17/h5-8,10-11,13H,3-4,9,12,14H2,1-2H3. The molecule has 0 aliphatic rings. The molecule has 1 aromatic carbocycles. The van der Waals surface area contributed by atoms with Crippen molar-refractivity contribution >= 4 is 11.8 Å². The van der Waals surface area contributed by atoms with Gasteiger partial charge in [-0.1, -0.05) is 12.1 Å². The first-order chi connectivity index (χ1) is 12.5. The molecule has 0 radical (unpaired) electrons. The summed E-state index contributed by atoms with van der Waals surface area (Å²) in [4.78, 5) is 36.3. The van der Waals surface area contributed by atoms with E-state index >= 15 is 0 Å². The van der Waals surface area contributed by atoms with Gasteiger partial charge >= 0.3 is 0 Å². The highest BCUT2D eigenvalue weighted by Gasteiger charge is 2.20. The van der Waals surface area contributed by atoms with E-state index in [2.05, 4.69) is 9.97 Å². The average Bonchev–Trinajstić information content (AvgIpc) is 2.67. The number of amides is 2. The Morgan fingerprint density at radius 3 is 2.31 bits per heavy atom. The van der Waals surface area contributed by atoms with Gasteiger partial charge in [0.25, 0.3) is 5.91 Å². The van der Waals surface area contributed by atoms with Gasteiger partial charge in [0.2, 0.25) is 5.91 Å². The Bertz CT molecular complexity index is 718. The molecule has 0 saturated heterocycles. The van der Waals surface area contributed by atoms with Gasteiger partial charge in [0.05, 0.1) is 6.20 Å². The molecule has 0 fully saturated rings. The molecule has 0 aliphatic carbocycles. The maximum atomic E-state index is 13.1. The quantitative estimate of drug-likeness (QED) is 0.727. The van der Waals surface area contributed by atoms with Gasteiger partial charge in [-0.15, -0.1) is 0 Å². The summed E-state index contributed by atoms with van der Waals surface area (Å²) in [5, 5.41) is 0. The van der Waals surface area contributed by atoms with Gasteiger partial charge < -0.3 is 9.80 Å². The van der Waals surface area contributed by atoms with Crippen LogP contribution in [0.25, 0.3) is 0 Å². The molecule has 1 heterocycles. The van der Waals surface area contributed by atoms with Crippen LogP contribution in [0.15, 0.2) is 42.9 Å². The molecule has 1 aromatic heterocycles. The number of aromatic nitrogens is 2. The maximum absolute atomic E-state index is 13.1. The molecular weight excluding hydrogens is 335 g/mol. The topological polar surface area (TPSA) is 66.4 Å². The van der Waals surface area contributed by atoms with Crippen LogP contribution in [0.2, 0.25) is 0 Å². The lowest BCUT2D eigenvalue weighted by Gasteiger charge is -2.24. The third-order valence-corrected chi connectivity index (χ3v) is 4.07. The lowest BCUT2D eigenvalue weighted by molar-refractivity contribution is -0.131. The largest absolute Gasteiger partial charge is 0.343 e. The summed E-state index contributed by atoms with van der Waals surface area (Å²) in [7, 11) is 0. The van der Waals surface area contributed by atoms with Crippen LogP contribution < -0.4 is 0 Å². The van der Waals surface area contributed by atoms with Gasteiger partial charge in [-0.3, -0.25) is 14.6 Å². The summed E-state index contributed by atoms with van der Waals surface area (Å²) in [5.41, 5.74) is 0.990. The van der Waals surface area contributed by atoms with Gasteiger partial charge in [0.1, 0.15) is 11.5 Å². The summed E-state index contributed by atoms with van der Waals surface area (Å²) >= 11 is 0. The monoisotopic (exact) mass is 358 g/mol. The van der Waals surface area contributed by atoms with Crippen molar-refractivity contribution in [2.24, 2.45) is 0 Å². The van der Waals surface area contributed by atoms with E-state index in [0.29, 0.717) is 13.1 Å². The molecule has 0 unspecified atom stereocenters. The van der Waals surface area contributed by atoms with E-state index in [0.717, 1.165) is 5.56 Å². The Kier molecular flexibility index (Phi) is 7.20. The fourth-order valence-electron chi connectivity index (χ4n) is 2.60. The van der Waals surface area contributed by atoms with E-state index in [4.69, 9.17) is 0 Å². The molecule has 138 valence electrons. The zero-order valence-electron chi connectivity index (χ0n) is 15.1. The fourth-order valence-corrected chi connectivity index (χ4v) is 2.60. The summed E-state index contributed by atoms with van der Waals surface area (Å²) in [6.45, 7) is 5.62. The third-order valence-electron chi connectivity index (χ3n) is 4.07. The second-order valence-corrected chi connectivity index (χ2v) is 5.76. The number of halogens is 1. The Labute approximate surface area is 152 Å².